The fourth-order valence-electron chi connectivity index (χ4n) is 2.85. The van der Waals surface area contributed by atoms with E-state index in [1.807, 2.05) is 30.3 Å². The maximum Gasteiger partial charge on any atom is 0.226 e. The molecule has 1 aliphatic rings. The number of halogens is 1. The van der Waals surface area contributed by atoms with Gasteiger partial charge in [-0.25, -0.2) is 4.39 Å². The number of carbonyl (C=O) groups excluding carboxylic acids is 1. The summed E-state index contributed by atoms with van der Waals surface area (Å²) in [6, 6.07) is 14.0. The van der Waals surface area contributed by atoms with E-state index in [9.17, 15) is 14.3 Å². The molecule has 2 aromatic carbocycles. The average molecular weight is 329 g/mol. The van der Waals surface area contributed by atoms with Crippen LogP contribution in [0.5, 0.6) is 5.75 Å². The number of amides is 1. The lowest BCUT2D eigenvalue weighted by molar-refractivity contribution is -0.126. The maximum absolute atomic E-state index is 13.3. The molecular formula is C19H20FNO3. The molecule has 0 fully saturated rings. The highest BCUT2D eigenvalue weighted by Gasteiger charge is 2.26. The number of carbonyl (C=O) groups is 1. The molecule has 0 saturated heterocycles. The average Bonchev–Trinajstić information content (AvgIpc) is 2.60. The van der Waals surface area contributed by atoms with E-state index in [0.29, 0.717) is 24.2 Å². The van der Waals surface area contributed by atoms with Crippen LogP contribution in [0.1, 0.15) is 11.1 Å². The number of rotatable bonds is 5. The van der Waals surface area contributed by atoms with Crippen molar-refractivity contribution in [2.45, 2.75) is 18.9 Å². The van der Waals surface area contributed by atoms with Gasteiger partial charge in [0.25, 0.3) is 0 Å². The minimum atomic E-state index is -0.648. The number of benzene rings is 2. The quantitative estimate of drug-likeness (QED) is 0.883. The van der Waals surface area contributed by atoms with E-state index >= 15 is 0 Å². The summed E-state index contributed by atoms with van der Waals surface area (Å²) in [6.45, 7) is 0.444. The van der Waals surface area contributed by atoms with Crippen LogP contribution in [-0.2, 0) is 17.6 Å². The van der Waals surface area contributed by atoms with Crippen molar-refractivity contribution in [3.63, 3.8) is 0 Å². The largest absolute Gasteiger partial charge is 0.492 e. The zero-order chi connectivity index (χ0) is 16.9. The summed E-state index contributed by atoms with van der Waals surface area (Å²) in [5.74, 6) is -0.262. The molecule has 24 heavy (non-hydrogen) atoms. The van der Waals surface area contributed by atoms with Gasteiger partial charge in [0.05, 0.1) is 12.0 Å². The highest BCUT2D eigenvalue weighted by molar-refractivity contribution is 5.79. The molecule has 0 spiro atoms. The smallest absolute Gasteiger partial charge is 0.226 e. The van der Waals surface area contributed by atoms with Crippen LogP contribution in [0, 0.1) is 11.7 Å². The van der Waals surface area contributed by atoms with E-state index < -0.39 is 6.10 Å². The van der Waals surface area contributed by atoms with Crippen molar-refractivity contribution in [2.75, 3.05) is 13.2 Å². The van der Waals surface area contributed by atoms with Crippen LogP contribution in [0.4, 0.5) is 4.39 Å². The number of hydrogen-bond donors (Lipinski definition) is 2. The Morgan fingerprint density at radius 2 is 2.08 bits per heavy atom. The Morgan fingerprint density at radius 1 is 1.29 bits per heavy atom. The fourth-order valence-corrected chi connectivity index (χ4v) is 2.85. The zero-order valence-corrected chi connectivity index (χ0v) is 13.2. The first-order valence-electron chi connectivity index (χ1n) is 8.03. The Kier molecular flexibility index (Phi) is 5.11. The van der Waals surface area contributed by atoms with Gasteiger partial charge in [0.15, 0.2) is 0 Å². The molecule has 4 nitrogen and oxygen atoms in total. The number of aliphatic hydroxyl groups is 1. The lowest BCUT2D eigenvalue weighted by Gasteiger charge is -2.25. The lowest BCUT2D eigenvalue weighted by Crippen LogP contribution is -2.41. The SMILES string of the molecule is O=C(NCC(O)Cc1ccccc1)C1COc2ccc(F)cc2C1. The molecular weight excluding hydrogens is 309 g/mol. The third kappa shape index (κ3) is 4.11. The van der Waals surface area contributed by atoms with E-state index in [1.165, 1.54) is 12.1 Å². The number of fused-ring (bicyclic) bond motifs is 1. The predicted molar refractivity (Wildman–Crippen MR) is 88.3 cm³/mol. The van der Waals surface area contributed by atoms with Crippen LogP contribution in [-0.4, -0.2) is 30.3 Å². The van der Waals surface area contributed by atoms with Gasteiger partial charge in [0.2, 0.25) is 5.91 Å². The summed E-state index contributed by atoms with van der Waals surface area (Å²) in [7, 11) is 0. The van der Waals surface area contributed by atoms with Gasteiger partial charge in [-0.05, 0) is 35.7 Å². The molecule has 2 aromatic rings. The first-order valence-corrected chi connectivity index (χ1v) is 8.03. The third-order valence-electron chi connectivity index (χ3n) is 4.13. The molecule has 0 bridgehead atoms. The highest BCUT2D eigenvalue weighted by Crippen LogP contribution is 2.27. The number of nitrogens with one attached hydrogen (secondary N) is 1. The second-order valence-corrected chi connectivity index (χ2v) is 6.05. The van der Waals surface area contributed by atoms with Gasteiger partial charge in [-0.2, -0.15) is 0 Å². The first-order chi connectivity index (χ1) is 11.6. The molecule has 3 rings (SSSR count). The Bertz CT molecular complexity index is 705. The monoisotopic (exact) mass is 329 g/mol. The van der Waals surface area contributed by atoms with Gasteiger partial charge in [-0.1, -0.05) is 30.3 Å². The van der Waals surface area contributed by atoms with Crippen molar-refractivity contribution in [3.05, 3.63) is 65.5 Å². The Balaban J connectivity index is 1.50. The van der Waals surface area contributed by atoms with Crippen LogP contribution in [0.25, 0.3) is 0 Å². The molecule has 1 heterocycles. The normalized spacial score (nSPS) is 17.5. The molecule has 1 aliphatic heterocycles. The van der Waals surface area contributed by atoms with E-state index in [2.05, 4.69) is 5.32 Å². The van der Waals surface area contributed by atoms with E-state index in [1.54, 1.807) is 6.07 Å². The van der Waals surface area contributed by atoms with Crippen molar-refractivity contribution in [1.82, 2.24) is 5.32 Å². The minimum Gasteiger partial charge on any atom is -0.492 e. The summed E-state index contributed by atoms with van der Waals surface area (Å²) in [5.41, 5.74) is 1.72. The summed E-state index contributed by atoms with van der Waals surface area (Å²) in [6.07, 6.45) is 0.273. The Labute approximate surface area is 140 Å². The summed E-state index contributed by atoms with van der Waals surface area (Å²) in [5, 5.41) is 12.8. The van der Waals surface area contributed by atoms with Crippen LogP contribution >= 0.6 is 0 Å². The molecule has 0 aromatic heterocycles. The third-order valence-corrected chi connectivity index (χ3v) is 4.13. The second kappa shape index (κ2) is 7.45. The van der Waals surface area contributed by atoms with Crippen molar-refractivity contribution >= 4 is 5.91 Å². The first kappa shape index (κ1) is 16.5. The predicted octanol–water partition coefficient (Wildman–Crippen LogP) is 2.10. The molecule has 0 saturated carbocycles. The molecule has 0 radical (unpaired) electrons. The molecule has 126 valence electrons. The molecule has 2 atom stereocenters. The fraction of sp³-hybridized carbons (Fsp3) is 0.316. The highest BCUT2D eigenvalue weighted by atomic mass is 19.1. The second-order valence-electron chi connectivity index (χ2n) is 6.05. The van der Waals surface area contributed by atoms with Crippen LogP contribution < -0.4 is 10.1 Å². The van der Waals surface area contributed by atoms with Crippen LogP contribution in [0.2, 0.25) is 0 Å². The van der Waals surface area contributed by atoms with Crippen LogP contribution in [0.3, 0.4) is 0 Å². The number of hydrogen-bond acceptors (Lipinski definition) is 3. The van der Waals surface area contributed by atoms with Crippen molar-refractivity contribution < 1.29 is 19.0 Å². The zero-order valence-electron chi connectivity index (χ0n) is 13.2. The number of ether oxygens (including phenoxy) is 1. The van der Waals surface area contributed by atoms with Gasteiger partial charge in [-0.3, -0.25) is 4.79 Å². The van der Waals surface area contributed by atoms with Gasteiger partial charge in [-0.15, -0.1) is 0 Å². The molecule has 0 aliphatic carbocycles. The van der Waals surface area contributed by atoms with Crippen molar-refractivity contribution in [3.8, 4) is 5.75 Å². The van der Waals surface area contributed by atoms with Gasteiger partial charge < -0.3 is 15.2 Å². The Hall–Kier alpha value is -2.40. The summed E-state index contributed by atoms with van der Waals surface area (Å²) in [4.78, 5) is 12.3. The van der Waals surface area contributed by atoms with Crippen molar-refractivity contribution in [2.24, 2.45) is 5.92 Å². The Morgan fingerprint density at radius 3 is 2.88 bits per heavy atom. The minimum absolute atomic E-state index is 0.181. The van der Waals surface area contributed by atoms with Crippen LogP contribution in [0.15, 0.2) is 48.5 Å². The van der Waals surface area contributed by atoms with E-state index in [-0.39, 0.29) is 30.8 Å². The molecule has 1 amide bonds. The van der Waals surface area contributed by atoms with Gasteiger partial charge in [0.1, 0.15) is 18.2 Å². The van der Waals surface area contributed by atoms with Gasteiger partial charge in [0, 0.05) is 13.0 Å². The summed E-state index contributed by atoms with van der Waals surface area (Å²) >= 11 is 0. The number of aliphatic hydroxyl groups excluding tert-OH is 1. The topological polar surface area (TPSA) is 58.6 Å². The maximum atomic E-state index is 13.3. The lowest BCUT2D eigenvalue weighted by atomic mass is 9.96. The van der Waals surface area contributed by atoms with E-state index in [0.717, 1.165) is 5.56 Å². The summed E-state index contributed by atoms with van der Waals surface area (Å²) < 4.78 is 18.8. The molecule has 2 N–H and O–H groups in total. The van der Waals surface area contributed by atoms with Crippen molar-refractivity contribution in [1.29, 1.82) is 0 Å². The van der Waals surface area contributed by atoms with E-state index in [4.69, 9.17) is 4.74 Å². The standard InChI is InChI=1S/C19H20FNO3/c20-16-6-7-18-14(10-16)9-15(12-24-18)19(23)21-11-17(22)8-13-4-2-1-3-5-13/h1-7,10,15,17,22H,8-9,11-12H2,(H,21,23). The molecule has 5 heteroatoms. The van der Waals surface area contributed by atoms with Gasteiger partial charge >= 0.3 is 0 Å². The molecule has 2 unspecified atom stereocenters.